The topological polar surface area (TPSA) is 46.3 Å². The number of carbonyl (C=O) groups excluding carboxylic acids is 1. The van der Waals surface area contributed by atoms with Crippen molar-refractivity contribution in [2.24, 2.45) is 5.73 Å². The minimum atomic E-state index is -0.357. The lowest BCUT2D eigenvalue weighted by Crippen LogP contribution is -2.47. The van der Waals surface area contributed by atoms with Crippen molar-refractivity contribution in [2.75, 3.05) is 24.8 Å². The molecule has 1 rings (SSSR count). The van der Waals surface area contributed by atoms with Crippen LogP contribution in [0.2, 0.25) is 0 Å². The maximum absolute atomic E-state index is 11.6. The fraction of sp³-hybridized carbons (Fsp3) is 0.462. The van der Waals surface area contributed by atoms with Gasteiger partial charge >= 0.3 is 0 Å². The van der Waals surface area contributed by atoms with Crippen LogP contribution < -0.4 is 5.73 Å². The van der Waals surface area contributed by atoms with Crippen molar-refractivity contribution in [1.29, 1.82) is 0 Å². The van der Waals surface area contributed by atoms with Gasteiger partial charge in [-0.2, -0.15) is 0 Å². The highest BCUT2D eigenvalue weighted by molar-refractivity contribution is 6.18. The number of hydrogen-bond acceptors (Lipinski definition) is 2. The van der Waals surface area contributed by atoms with E-state index >= 15 is 0 Å². The van der Waals surface area contributed by atoms with Gasteiger partial charge in [0.15, 0.2) is 0 Å². The molecule has 1 amide bonds. The molecule has 0 radical (unpaired) electrons. The lowest BCUT2D eigenvalue weighted by Gasteiger charge is -2.28. The molecule has 0 saturated heterocycles. The third-order valence-corrected chi connectivity index (χ3v) is 3.12. The summed E-state index contributed by atoms with van der Waals surface area (Å²) in [6.07, 6.45) is 0.587. The zero-order valence-corrected chi connectivity index (χ0v) is 11.7. The molecule has 0 aliphatic carbocycles. The molecule has 5 heteroatoms. The van der Waals surface area contributed by atoms with Crippen LogP contribution in [0.4, 0.5) is 0 Å². The van der Waals surface area contributed by atoms with Crippen LogP contribution in [0.5, 0.6) is 0 Å². The first-order valence-corrected chi connectivity index (χ1v) is 6.95. The van der Waals surface area contributed by atoms with E-state index in [2.05, 4.69) is 0 Å². The van der Waals surface area contributed by atoms with Crippen LogP contribution in [0.3, 0.4) is 0 Å². The number of halogens is 2. The second-order valence-electron chi connectivity index (χ2n) is 4.02. The number of alkyl halides is 2. The molecule has 2 N–H and O–H groups in total. The smallest absolute Gasteiger partial charge is 0.235 e. The Labute approximate surface area is 118 Å². The summed E-state index contributed by atoms with van der Waals surface area (Å²) in [6, 6.07) is 9.44. The molecule has 0 aliphatic rings. The minimum Gasteiger partial charge on any atom is -0.368 e. The number of carbonyl (C=O) groups is 1. The molecule has 100 valence electrons. The summed E-state index contributed by atoms with van der Waals surface area (Å²) in [5, 5.41) is 0. The fourth-order valence-corrected chi connectivity index (χ4v) is 2.32. The van der Waals surface area contributed by atoms with Gasteiger partial charge in [-0.25, -0.2) is 0 Å². The van der Waals surface area contributed by atoms with Crippen LogP contribution in [-0.4, -0.2) is 41.7 Å². The SMILES string of the molecule is NC(=O)[C@@H](Cc1ccccc1)N(CCCl)CCCl. The largest absolute Gasteiger partial charge is 0.368 e. The minimum absolute atomic E-state index is 0.339. The first-order chi connectivity index (χ1) is 8.69. The molecule has 0 bridgehead atoms. The van der Waals surface area contributed by atoms with E-state index in [1.165, 1.54) is 0 Å². The summed E-state index contributed by atoms with van der Waals surface area (Å²) in [5.41, 5.74) is 6.56. The normalized spacial score (nSPS) is 12.6. The molecular formula is C13H18Cl2N2O. The summed E-state index contributed by atoms with van der Waals surface area (Å²) in [7, 11) is 0. The highest BCUT2D eigenvalue weighted by atomic mass is 35.5. The van der Waals surface area contributed by atoms with E-state index < -0.39 is 0 Å². The summed E-state index contributed by atoms with van der Waals surface area (Å²) in [5.74, 6) is 0.569. The zero-order chi connectivity index (χ0) is 13.4. The highest BCUT2D eigenvalue weighted by Crippen LogP contribution is 2.09. The van der Waals surface area contributed by atoms with Crippen LogP contribution in [0, 0.1) is 0 Å². The quantitative estimate of drug-likeness (QED) is 0.743. The Morgan fingerprint density at radius 3 is 2.17 bits per heavy atom. The Bertz CT molecular complexity index is 353. The Morgan fingerprint density at radius 2 is 1.72 bits per heavy atom. The molecule has 0 spiro atoms. The van der Waals surface area contributed by atoms with Crippen LogP contribution in [0.15, 0.2) is 30.3 Å². The van der Waals surface area contributed by atoms with Crippen molar-refractivity contribution >= 4 is 29.1 Å². The summed E-state index contributed by atoms with van der Waals surface area (Å²) < 4.78 is 0. The maximum Gasteiger partial charge on any atom is 0.235 e. The van der Waals surface area contributed by atoms with Gasteiger partial charge < -0.3 is 5.73 Å². The molecule has 3 nitrogen and oxygen atoms in total. The number of amides is 1. The van der Waals surface area contributed by atoms with E-state index in [1.807, 2.05) is 35.2 Å². The first kappa shape index (κ1) is 15.3. The number of nitrogens with two attached hydrogens (primary N) is 1. The van der Waals surface area contributed by atoms with Crippen molar-refractivity contribution in [3.8, 4) is 0 Å². The fourth-order valence-electron chi connectivity index (χ4n) is 1.89. The van der Waals surface area contributed by atoms with E-state index in [1.54, 1.807) is 0 Å². The predicted octanol–water partition coefficient (Wildman–Crippen LogP) is 1.86. The molecule has 18 heavy (non-hydrogen) atoms. The Balaban J connectivity index is 2.77. The van der Waals surface area contributed by atoms with Crippen LogP contribution in [-0.2, 0) is 11.2 Å². The molecule has 0 saturated carbocycles. The predicted molar refractivity (Wildman–Crippen MR) is 76.1 cm³/mol. The van der Waals surface area contributed by atoms with E-state index in [0.717, 1.165) is 5.56 Å². The molecule has 0 unspecified atom stereocenters. The maximum atomic E-state index is 11.6. The molecular weight excluding hydrogens is 271 g/mol. The summed E-state index contributed by atoms with van der Waals surface area (Å²) >= 11 is 11.5. The summed E-state index contributed by atoms with van der Waals surface area (Å²) in [6.45, 7) is 1.21. The number of rotatable bonds is 8. The second-order valence-corrected chi connectivity index (χ2v) is 4.78. The average Bonchev–Trinajstić information content (AvgIpc) is 2.37. The van der Waals surface area contributed by atoms with E-state index in [4.69, 9.17) is 28.9 Å². The average molecular weight is 289 g/mol. The van der Waals surface area contributed by atoms with E-state index in [9.17, 15) is 4.79 Å². The van der Waals surface area contributed by atoms with Crippen molar-refractivity contribution in [2.45, 2.75) is 12.5 Å². The molecule has 0 aromatic heterocycles. The van der Waals surface area contributed by atoms with Crippen molar-refractivity contribution < 1.29 is 4.79 Å². The number of primary amides is 1. The lowest BCUT2D eigenvalue weighted by molar-refractivity contribution is -0.123. The van der Waals surface area contributed by atoms with Gasteiger partial charge in [0.2, 0.25) is 5.91 Å². The third-order valence-electron chi connectivity index (χ3n) is 2.78. The third kappa shape index (κ3) is 4.84. The van der Waals surface area contributed by atoms with Crippen molar-refractivity contribution in [3.05, 3.63) is 35.9 Å². The molecule has 1 aromatic carbocycles. The van der Waals surface area contributed by atoms with Gasteiger partial charge in [0.25, 0.3) is 0 Å². The van der Waals surface area contributed by atoms with Gasteiger partial charge in [-0.1, -0.05) is 30.3 Å². The number of hydrogen-bond donors (Lipinski definition) is 1. The molecule has 0 fully saturated rings. The number of benzene rings is 1. The van der Waals surface area contributed by atoms with Gasteiger partial charge in [-0.3, -0.25) is 9.69 Å². The van der Waals surface area contributed by atoms with E-state index in [-0.39, 0.29) is 11.9 Å². The Morgan fingerprint density at radius 1 is 1.17 bits per heavy atom. The van der Waals surface area contributed by atoms with Gasteiger partial charge in [-0.05, 0) is 12.0 Å². The zero-order valence-electron chi connectivity index (χ0n) is 10.2. The van der Waals surface area contributed by atoms with Gasteiger partial charge in [0.1, 0.15) is 0 Å². The second kappa shape index (κ2) is 8.35. The van der Waals surface area contributed by atoms with Gasteiger partial charge in [-0.15, -0.1) is 23.2 Å². The van der Waals surface area contributed by atoms with Crippen LogP contribution >= 0.6 is 23.2 Å². The van der Waals surface area contributed by atoms with E-state index in [0.29, 0.717) is 31.3 Å². The molecule has 1 aromatic rings. The van der Waals surface area contributed by atoms with Crippen LogP contribution in [0.25, 0.3) is 0 Å². The number of nitrogens with zero attached hydrogens (tertiary/aromatic N) is 1. The van der Waals surface area contributed by atoms with Crippen molar-refractivity contribution in [3.63, 3.8) is 0 Å². The van der Waals surface area contributed by atoms with Crippen LogP contribution in [0.1, 0.15) is 5.56 Å². The van der Waals surface area contributed by atoms with Gasteiger partial charge in [0.05, 0.1) is 6.04 Å². The standard InChI is InChI=1S/C13H18Cl2N2O/c14-6-8-17(9-7-15)12(13(16)18)10-11-4-2-1-3-5-11/h1-5,12H,6-10H2,(H2,16,18)/t12-/m1/s1. The molecule has 0 aliphatic heterocycles. The monoisotopic (exact) mass is 288 g/mol. The molecule has 0 heterocycles. The lowest BCUT2D eigenvalue weighted by atomic mass is 10.0. The Hall–Kier alpha value is -0.770. The van der Waals surface area contributed by atoms with Crippen molar-refractivity contribution in [1.82, 2.24) is 4.90 Å². The molecule has 1 atom stereocenters. The highest BCUT2D eigenvalue weighted by Gasteiger charge is 2.23. The summed E-state index contributed by atoms with van der Waals surface area (Å²) in [4.78, 5) is 13.5. The van der Waals surface area contributed by atoms with Gasteiger partial charge in [0, 0.05) is 24.8 Å². The Kier molecular flexibility index (Phi) is 7.09. The first-order valence-electron chi connectivity index (χ1n) is 5.88.